The summed E-state index contributed by atoms with van der Waals surface area (Å²) >= 11 is 0. The van der Waals surface area contributed by atoms with Gasteiger partial charge in [-0.1, -0.05) is 26.3 Å². The van der Waals surface area contributed by atoms with Crippen molar-refractivity contribution in [3.8, 4) is 0 Å². The van der Waals surface area contributed by atoms with Crippen molar-refractivity contribution in [1.29, 1.82) is 0 Å². The summed E-state index contributed by atoms with van der Waals surface area (Å²) in [6.45, 7) is 4.77. The summed E-state index contributed by atoms with van der Waals surface area (Å²) < 4.78 is 26.4. The van der Waals surface area contributed by atoms with Gasteiger partial charge in [-0.2, -0.15) is 0 Å². The Morgan fingerprint density at radius 3 is 2.40 bits per heavy atom. The Morgan fingerprint density at radius 2 is 1.87 bits per heavy atom. The van der Waals surface area contributed by atoms with Crippen LogP contribution in [0.3, 0.4) is 0 Å². The average Bonchev–Trinajstić information content (AvgIpc) is 2.17. The first-order chi connectivity index (χ1) is 7.15. The molecule has 84 valence electrons. The third-order valence-corrected chi connectivity index (χ3v) is 2.37. The SMILES string of the molecule is CCCC(C)CNc1c(F)cccc1F. The van der Waals surface area contributed by atoms with Crippen molar-refractivity contribution in [3.05, 3.63) is 29.8 Å². The molecule has 0 radical (unpaired) electrons. The maximum atomic E-state index is 13.2. The van der Waals surface area contributed by atoms with Crippen molar-refractivity contribution in [3.63, 3.8) is 0 Å². The van der Waals surface area contributed by atoms with Gasteiger partial charge in [0.2, 0.25) is 0 Å². The lowest BCUT2D eigenvalue weighted by Crippen LogP contribution is -2.13. The normalized spacial score (nSPS) is 12.5. The van der Waals surface area contributed by atoms with Gasteiger partial charge >= 0.3 is 0 Å². The molecule has 0 aliphatic rings. The second kappa shape index (κ2) is 5.69. The molecule has 1 N–H and O–H groups in total. The predicted octanol–water partition coefficient (Wildman–Crippen LogP) is 3.81. The highest BCUT2D eigenvalue weighted by molar-refractivity contribution is 5.45. The minimum atomic E-state index is -0.529. The van der Waals surface area contributed by atoms with Crippen LogP contribution in [-0.2, 0) is 0 Å². The Balaban J connectivity index is 2.57. The number of para-hydroxylation sites is 1. The highest BCUT2D eigenvalue weighted by atomic mass is 19.1. The lowest BCUT2D eigenvalue weighted by atomic mass is 10.1. The lowest BCUT2D eigenvalue weighted by Gasteiger charge is -2.13. The Kier molecular flexibility index (Phi) is 4.53. The second-order valence-corrected chi connectivity index (χ2v) is 3.87. The van der Waals surface area contributed by atoms with Crippen molar-refractivity contribution in [2.24, 2.45) is 5.92 Å². The van der Waals surface area contributed by atoms with Gasteiger partial charge in [0.15, 0.2) is 0 Å². The maximum Gasteiger partial charge on any atom is 0.149 e. The smallest absolute Gasteiger partial charge is 0.149 e. The molecule has 1 atom stereocenters. The van der Waals surface area contributed by atoms with Crippen LogP contribution in [-0.4, -0.2) is 6.54 Å². The minimum absolute atomic E-state index is 0.0135. The topological polar surface area (TPSA) is 12.0 Å². The minimum Gasteiger partial charge on any atom is -0.380 e. The third kappa shape index (κ3) is 3.50. The molecule has 0 heterocycles. The molecule has 0 fully saturated rings. The fourth-order valence-electron chi connectivity index (χ4n) is 1.54. The molecule has 0 aromatic heterocycles. The molecule has 1 aromatic carbocycles. The Bertz CT molecular complexity index is 292. The van der Waals surface area contributed by atoms with Crippen LogP contribution in [0.1, 0.15) is 26.7 Å². The zero-order chi connectivity index (χ0) is 11.3. The molecule has 1 aromatic rings. The molecule has 0 saturated heterocycles. The van der Waals surface area contributed by atoms with Gasteiger partial charge < -0.3 is 5.32 Å². The Hall–Kier alpha value is -1.12. The van der Waals surface area contributed by atoms with E-state index in [1.807, 2.05) is 0 Å². The first-order valence-electron chi connectivity index (χ1n) is 5.33. The van der Waals surface area contributed by atoms with Crippen molar-refractivity contribution < 1.29 is 8.78 Å². The fourth-order valence-corrected chi connectivity index (χ4v) is 1.54. The number of hydrogen-bond donors (Lipinski definition) is 1. The standard InChI is InChI=1S/C12H17F2N/c1-3-5-9(2)8-15-12-10(13)6-4-7-11(12)14/h4,6-7,9,15H,3,5,8H2,1-2H3. The van der Waals surface area contributed by atoms with Crippen LogP contribution in [0.4, 0.5) is 14.5 Å². The fraction of sp³-hybridized carbons (Fsp3) is 0.500. The van der Waals surface area contributed by atoms with Crippen LogP contribution in [0.25, 0.3) is 0 Å². The molecular formula is C12H17F2N. The molecule has 0 aliphatic heterocycles. The number of rotatable bonds is 5. The van der Waals surface area contributed by atoms with E-state index in [2.05, 4.69) is 19.2 Å². The highest BCUT2D eigenvalue weighted by Crippen LogP contribution is 2.18. The summed E-state index contributed by atoms with van der Waals surface area (Å²) in [5.74, 6) is -0.633. The molecule has 0 amide bonds. The quantitative estimate of drug-likeness (QED) is 0.784. The van der Waals surface area contributed by atoms with E-state index in [0.717, 1.165) is 12.8 Å². The van der Waals surface area contributed by atoms with Crippen LogP contribution >= 0.6 is 0 Å². The van der Waals surface area contributed by atoms with Gasteiger partial charge in [-0.15, -0.1) is 0 Å². The number of benzene rings is 1. The van der Waals surface area contributed by atoms with E-state index in [1.54, 1.807) is 0 Å². The number of nitrogens with one attached hydrogen (secondary N) is 1. The van der Waals surface area contributed by atoms with Crippen molar-refractivity contribution in [2.75, 3.05) is 11.9 Å². The second-order valence-electron chi connectivity index (χ2n) is 3.87. The molecular weight excluding hydrogens is 196 g/mol. The number of hydrogen-bond acceptors (Lipinski definition) is 1. The largest absolute Gasteiger partial charge is 0.380 e. The van der Waals surface area contributed by atoms with E-state index < -0.39 is 11.6 Å². The van der Waals surface area contributed by atoms with Gasteiger partial charge in [0.1, 0.15) is 17.3 Å². The van der Waals surface area contributed by atoms with Crippen LogP contribution < -0.4 is 5.32 Å². The number of halogens is 2. The molecule has 0 bridgehead atoms. The molecule has 0 aliphatic carbocycles. The van der Waals surface area contributed by atoms with E-state index in [4.69, 9.17) is 0 Å². The summed E-state index contributed by atoms with van der Waals surface area (Å²) in [6, 6.07) is 3.89. The van der Waals surface area contributed by atoms with E-state index >= 15 is 0 Å². The van der Waals surface area contributed by atoms with Crippen molar-refractivity contribution in [2.45, 2.75) is 26.7 Å². The van der Waals surface area contributed by atoms with Crippen LogP contribution in [0, 0.1) is 17.6 Å². The summed E-state index contributed by atoms with van der Waals surface area (Å²) in [4.78, 5) is 0. The maximum absolute atomic E-state index is 13.2. The summed E-state index contributed by atoms with van der Waals surface area (Å²) in [5, 5.41) is 2.82. The first-order valence-corrected chi connectivity index (χ1v) is 5.33. The van der Waals surface area contributed by atoms with E-state index in [0.29, 0.717) is 12.5 Å². The van der Waals surface area contributed by atoms with Gasteiger partial charge in [-0.25, -0.2) is 8.78 Å². The van der Waals surface area contributed by atoms with E-state index in [1.165, 1.54) is 18.2 Å². The van der Waals surface area contributed by atoms with E-state index in [9.17, 15) is 8.78 Å². The molecule has 0 saturated carbocycles. The van der Waals surface area contributed by atoms with Crippen molar-refractivity contribution >= 4 is 5.69 Å². The van der Waals surface area contributed by atoms with Gasteiger partial charge in [-0.3, -0.25) is 0 Å². The summed E-state index contributed by atoms with van der Waals surface area (Å²) in [6.07, 6.45) is 2.14. The van der Waals surface area contributed by atoms with Crippen LogP contribution in [0.2, 0.25) is 0 Å². The van der Waals surface area contributed by atoms with E-state index in [-0.39, 0.29) is 5.69 Å². The average molecular weight is 213 g/mol. The summed E-state index contributed by atoms with van der Waals surface area (Å²) in [7, 11) is 0. The van der Waals surface area contributed by atoms with Gasteiger partial charge in [0.05, 0.1) is 0 Å². The monoisotopic (exact) mass is 213 g/mol. The third-order valence-electron chi connectivity index (χ3n) is 2.37. The lowest BCUT2D eigenvalue weighted by molar-refractivity contribution is 0.540. The molecule has 1 rings (SSSR count). The predicted molar refractivity (Wildman–Crippen MR) is 58.9 cm³/mol. The molecule has 3 heteroatoms. The summed E-state index contributed by atoms with van der Waals surface area (Å²) in [5.41, 5.74) is -0.0135. The zero-order valence-corrected chi connectivity index (χ0v) is 9.19. The zero-order valence-electron chi connectivity index (χ0n) is 9.19. The number of anilines is 1. The van der Waals surface area contributed by atoms with Crippen LogP contribution in [0.5, 0.6) is 0 Å². The highest BCUT2D eigenvalue weighted by Gasteiger charge is 2.08. The Morgan fingerprint density at radius 1 is 1.27 bits per heavy atom. The Labute approximate surface area is 89.5 Å². The molecule has 15 heavy (non-hydrogen) atoms. The molecule has 0 spiro atoms. The van der Waals surface area contributed by atoms with Gasteiger partial charge in [-0.05, 0) is 24.5 Å². The first kappa shape index (κ1) is 12.0. The van der Waals surface area contributed by atoms with Crippen molar-refractivity contribution in [1.82, 2.24) is 0 Å². The van der Waals surface area contributed by atoms with Crippen LogP contribution in [0.15, 0.2) is 18.2 Å². The van der Waals surface area contributed by atoms with Gasteiger partial charge in [0, 0.05) is 6.54 Å². The molecule has 1 nitrogen and oxygen atoms in total. The van der Waals surface area contributed by atoms with Gasteiger partial charge in [0.25, 0.3) is 0 Å². The molecule has 1 unspecified atom stereocenters.